The van der Waals surface area contributed by atoms with Crippen molar-refractivity contribution in [1.82, 2.24) is 0 Å². The number of Topliss-reactive ketones (excluding diaryl/α,β-unsaturated/α-hetero) is 1. The van der Waals surface area contributed by atoms with Crippen LogP contribution in [0, 0.1) is 6.92 Å². The Labute approximate surface area is 182 Å². The molecule has 1 amide bonds. The maximum Gasteiger partial charge on any atom is 0.300 e. The van der Waals surface area contributed by atoms with Gasteiger partial charge in [-0.25, -0.2) is 0 Å². The zero-order valence-corrected chi connectivity index (χ0v) is 17.8. The summed E-state index contributed by atoms with van der Waals surface area (Å²) in [5, 5.41) is 13.3. The van der Waals surface area contributed by atoms with Gasteiger partial charge in [-0.2, -0.15) is 0 Å². The number of carbonyl (C=O) groups excluding carboxylic acids is 2. The summed E-state index contributed by atoms with van der Waals surface area (Å²) in [5.74, 6) is -1.31. The lowest BCUT2D eigenvalue weighted by Crippen LogP contribution is -2.29. The minimum absolute atomic E-state index is 0.000825. The number of nitrogens with zero attached hydrogens (tertiary/aromatic N) is 1. The Kier molecular flexibility index (Phi) is 5.37. The molecule has 30 heavy (non-hydrogen) atoms. The normalized spacial score (nSPS) is 18.1. The lowest BCUT2D eigenvalue weighted by molar-refractivity contribution is -0.132. The van der Waals surface area contributed by atoms with E-state index in [1.54, 1.807) is 24.3 Å². The van der Waals surface area contributed by atoms with Gasteiger partial charge in [-0.05, 0) is 54.3 Å². The predicted molar refractivity (Wildman–Crippen MR) is 118 cm³/mol. The Morgan fingerprint density at radius 1 is 1.13 bits per heavy atom. The number of hydrogen-bond acceptors (Lipinski definition) is 5. The number of rotatable bonds is 4. The molecule has 3 aromatic rings. The third-order valence-electron chi connectivity index (χ3n) is 4.97. The van der Waals surface area contributed by atoms with E-state index >= 15 is 0 Å². The number of thiophene rings is 1. The Morgan fingerprint density at radius 3 is 2.60 bits per heavy atom. The number of carbonyl (C=O) groups is 2. The minimum Gasteiger partial charge on any atom is -0.507 e. The first-order valence-corrected chi connectivity index (χ1v) is 10.4. The number of anilines is 1. The van der Waals surface area contributed by atoms with Gasteiger partial charge in [0.25, 0.3) is 11.7 Å². The van der Waals surface area contributed by atoms with Crippen LogP contribution in [-0.4, -0.2) is 23.9 Å². The molecule has 2 aromatic carbocycles. The SMILES string of the molecule is COc1ccc(Cl)c(/C(O)=C2/C(=O)C(=O)N(c3cccc(C)c3)C2c2cccs2)c1. The molecule has 2 heterocycles. The van der Waals surface area contributed by atoms with E-state index in [-0.39, 0.29) is 21.9 Å². The third kappa shape index (κ3) is 3.38. The molecule has 1 aliphatic heterocycles. The summed E-state index contributed by atoms with van der Waals surface area (Å²) in [5.41, 5.74) is 1.78. The van der Waals surface area contributed by atoms with E-state index in [2.05, 4.69) is 0 Å². The van der Waals surface area contributed by atoms with Crippen LogP contribution in [0.1, 0.15) is 22.0 Å². The molecule has 0 spiro atoms. The number of ether oxygens (including phenoxy) is 1. The van der Waals surface area contributed by atoms with Gasteiger partial charge in [0.15, 0.2) is 0 Å². The first-order valence-electron chi connectivity index (χ1n) is 9.17. The molecule has 7 heteroatoms. The fourth-order valence-corrected chi connectivity index (χ4v) is 4.58. The average Bonchev–Trinajstić information content (AvgIpc) is 3.35. The Hall–Kier alpha value is -3.09. The molecule has 1 atom stereocenters. The summed E-state index contributed by atoms with van der Waals surface area (Å²) in [6.07, 6.45) is 0. The highest BCUT2D eigenvalue weighted by molar-refractivity contribution is 7.10. The van der Waals surface area contributed by atoms with Crippen molar-refractivity contribution in [3.8, 4) is 5.75 Å². The Balaban J connectivity index is 1.96. The maximum atomic E-state index is 13.1. The summed E-state index contributed by atoms with van der Waals surface area (Å²) in [7, 11) is 1.50. The molecule has 1 aromatic heterocycles. The van der Waals surface area contributed by atoms with Crippen molar-refractivity contribution in [3.63, 3.8) is 0 Å². The maximum absolute atomic E-state index is 13.1. The zero-order valence-electron chi connectivity index (χ0n) is 16.3. The van der Waals surface area contributed by atoms with Crippen LogP contribution in [0.15, 0.2) is 65.6 Å². The number of halogens is 1. The average molecular weight is 440 g/mol. The highest BCUT2D eigenvalue weighted by Crippen LogP contribution is 2.44. The van der Waals surface area contributed by atoms with Crippen molar-refractivity contribution < 1.29 is 19.4 Å². The van der Waals surface area contributed by atoms with E-state index in [4.69, 9.17) is 16.3 Å². The van der Waals surface area contributed by atoms with Gasteiger partial charge < -0.3 is 9.84 Å². The molecule has 0 saturated carbocycles. The fourth-order valence-electron chi connectivity index (χ4n) is 3.55. The molecule has 0 bridgehead atoms. The summed E-state index contributed by atoms with van der Waals surface area (Å²) in [4.78, 5) is 28.3. The molecule has 152 valence electrons. The molecule has 1 fully saturated rings. The van der Waals surface area contributed by atoms with Gasteiger partial charge in [0.1, 0.15) is 17.6 Å². The van der Waals surface area contributed by atoms with Crippen LogP contribution in [0.25, 0.3) is 5.76 Å². The van der Waals surface area contributed by atoms with Gasteiger partial charge in [-0.15, -0.1) is 11.3 Å². The number of methoxy groups -OCH3 is 1. The molecule has 1 saturated heterocycles. The zero-order chi connectivity index (χ0) is 21.4. The van der Waals surface area contributed by atoms with Crippen LogP contribution < -0.4 is 9.64 Å². The van der Waals surface area contributed by atoms with Crippen LogP contribution in [0.5, 0.6) is 5.75 Å². The van der Waals surface area contributed by atoms with Gasteiger partial charge in [0, 0.05) is 16.1 Å². The van der Waals surface area contributed by atoms with Gasteiger partial charge in [0.05, 0.1) is 17.7 Å². The molecule has 1 aliphatic rings. The Bertz CT molecular complexity index is 1170. The third-order valence-corrected chi connectivity index (χ3v) is 6.22. The van der Waals surface area contributed by atoms with Crippen LogP contribution in [-0.2, 0) is 9.59 Å². The molecule has 1 unspecified atom stereocenters. The van der Waals surface area contributed by atoms with Crippen LogP contribution >= 0.6 is 22.9 Å². The lowest BCUT2D eigenvalue weighted by Gasteiger charge is -2.24. The van der Waals surface area contributed by atoms with E-state index in [9.17, 15) is 14.7 Å². The number of hydrogen-bond donors (Lipinski definition) is 1. The quantitative estimate of drug-likeness (QED) is 0.338. The summed E-state index contributed by atoms with van der Waals surface area (Å²) in [6.45, 7) is 1.91. The Morgan fingerprint density at radius 2 is 1.93 bits per heavy atom. The lowest BCUT2D eigenvalue weighted by atomic mass is 9.99. The van der Waals surface area contributed by atoms with Gasteiger partial charge in [-0.1, -0.05) is 29.8 Å². The van der Waals surface area contributed by atoms with Gasteiger partial charge >= 0.3 is 0 Å². The van der Waals surface area contributed by atoms with Crippen LogP contribution in [0.4, 0.5) is 5.69 Å². The topological polar surface area (TPSA) is 66.8 Å². The van der Waals surface area contributed by atoms with Crippen molar-refractivity contribution in [3.05, 3.63) is 86.6 Å². The number of ketones is 1. The van der Waals surface area contributed by atoms with Crippen LogP contribution in [0.3, 0.4) is 0 Å². The monoisotopic (exact) mass is 439 g/mol. The number of benzene rings is 2. The van der Waals surface area contributed by atoms with Crippen molar-refractivity contribution >= 4 is 46.1 Å². The largest absolute Gasteiger partial charge is 0.507 e. The van der Waals surface area contributed by atoms with E-state index in [0.29, 0.717) is 11.4 Å². The summed E-state index contributed by atoms with van der Waals surface area (Å²) in [6, 6.07) is 15.1. The number of aryl methyl sites for hydroxylation is 1. The molecular weight excluding hydrogens is 422 g/mol. The van der Waals surface area contributed by atoms with Crippen molar-refractivity contribution in [2.75, 3.05) is 12.0 Å². The molecular formula is C23H18ClNO4S. The highest BCUT2D eigenvalue weighted by Gasteiger charge is 2.47. The highest BCUT2D eigenvalue weighted by atomic mass is 35.5. The number of aliphatic hydroxyl groups excluding tert-OH is 1. The standard InChI is InChI=1S/C23H18ClNO4S/c1-13-5-3-6-14(11-13)25-20(18-7-4-10-30-18)19(22(27)23(25)28)21(26)16-12-15(29-2)8-9-17(16)24/h3-12,20,26H,1-2H3/b21-19-. The predicted octanol–water partition coefficient (Wildman–Crippen LogP) is 5.34. The molecule has 4 rings (SSSR count). The van der Waals surface area contributed by atoms with Crippen LogP contribution in [0.2, 0.25) is 5.02 Å². The van der Waals surface area contributed by atoms with Crippen molar-refractivity contribution in [2.24, 2.45) is 0 Å². The summed E-state index contributed by atoms with van der Waals surface area (Å²) < 4.78 is 5.22. The van der Waals surface area contributed by atoms with E-state index in [0.717, 1.165) is 10.4 Å². The summed E-state index contributed by atoms with van der Waals surface area (Å²) >= 11 is 7.71. The first kappa shape index (κ1) is 20.2. The van der Waals surface area contributed by atoms with Gasteiger partial charge in [-0.3, -0.25) is 14.5 Å². The smallest absolute Gasteiger partial charge is 0.300 e. The first-order chi connectivity index (χ1) is 14.4. The minimum atomic E-state index is -0.758. The second-order valence-electron chi connectivity index (χ2n) is 6.87. The fraction of sp³-hybridized carbons (Fsp3) is 0.130. The molecule has 0 radical (unpaired) electrons. The van der Waals surface area contributed by atoms with E-state index in [1.807, 2.05) is 42.6 Å². The van der Waals surface area contributed by atoms with E-state index < -0.39 is 17.7 Å². The second-order valence-corrected chi connectivity index (χ2v) is 8.26. The van der Waals surface area contributed by atoms with Crippen molar-refractivity contribution in [1.29, 1.82) is 0 Å². The second kappa shape index (κ2) is 7.97. The molecule has 0 aliphatic carbocycles. The van der Waals surface area contributed by atoms with Crippen molar-refractivity contribution in [2.45, 2.75) is 13.0 Å². The number of aliphatic hydroxyl groups is 1. The number of amides is 1. The molecule has 1 N–H and O–H groups in total. The van der Waals surface area contributed by atoms with E-state index in [1.165, 1.54) is 23.3 Å². The van der Waals surface area contributed by atoms with Gasteiger partial charge in [0.2, 0.25) is 0 Å². The molecule has 5 nitrogen and oxygen atoms in total.